The second kappa shape index (κ2) is 9.50. The van der Waals surface area contributed by atoms with Gasteiger partial charge in [0.2, 0.25) is 0 Å². The number of carbonyl (C=O) groups is 2. The van der Waals surface area contributed by atoms with Crippen molar-refractivity contribution in [2.45, 2.75) is 26.2 Å². The maximum atomic E-state index is 9.64. The highest BCUT2D eigenvalue weighted by atomic mass is 16.4. The van der Waals surface area contributed by atoms with Crippen LogP contribution in [-0.2, 0) is 9.59 Å². The second-order valence-electron chi connectivity index (χ2n) is 1.85. The smallest absolute Gasteiger partial charge is 0.303 e. The lowest BCUT2D eigenvalue weighted by Gasteiger charge is -1.85. The lowest BCUT2D eigenvalue weighted by Crippen LogP contribution is -2.00. The maximum absolute atomic E-state index is 9.64. The molecule has 0 atom stereocenters. The Morgan fingerprint density at radius 3 is 1.58 bits per heavy atom. The Labute approximate surface area is 71.2 Å². The van der Waals surface area contributed by atoms with E-state index in [4.69, 9.17) is 16.6 Å². The molecule has 0 rings (SSSR count). The molecule has 0 amide bonds. The summed E-state index contributed by atoms with van der Waals surface area (Å²) in [6.45, 7) is 1.94. The summed E-state index contributed by atoms with van der Waals surface area (Å²) in [4.78, 5) is 19.3. The Hall–Kier alpha value is -1.50. The first kappa shape index (κ1) is 13.1. The predicted octanol–water partition coefficient (Wildman–Crippen LogP) is 0.965. The molecule has 0 saturated carbocycles. The van der Waals surface area contributed by atoms with E-state index in [2.05, 4.69) is 5.92 Å². The third kappa shape index (κ3) is 23.6. The van der Waals surface area contributed by atoms with Crippen molar-refractivity contribution in [1.29, 1.82) is 0 Å². The van der Waals surface area contributed by atoms with Crippen LogP contribution in [0, 0.1) is 12.3 Å². The van der Waals surface area contributed by atoms with Crippen LogP contribution >= 0.6 is 0 Å². The van der Waals surface area contributed by atoms with Crippen LogP contribution in [0.2, 0.25) is 0 Å². The molecule has 0 radical (unpaired) electrons. The summed E-state index contributed by atoms with van der Waals surface area (Å²) in [6.07, 6.45) is 5.03. The van der Waals surface area contributed by atoms with Crippen molar-refractivity contribution >= 4 is 11.9 Å². The first-order chi connectivity index (χ1) is 5.54. The third-order valence-electron chi connectivity index (χ3n) is 0.757. The zero-order chi connectivity index (χ0) is 9.98. The molecule has 0 fully saturated rings. The summed E-state index contributed by atoms with van der Waals surface area (Å²) in [5.41, 5.74) is 0. The van der Waals surface area contributed by atoms with Crippen LogP contribution in [-0.4, -0.2) is 22.2 Å². The van der Waals surface area contributed by atoms with Crippen molar-refractivity contribution in [3.63, 3.8) is 0 Å². The van der Waals surface area contributed by atoms with E-state index < -0.39 is 11.9 Å². The molecular formula is C8H12O4. The highest BCUT2D eigenvalue weighted by molar-refractivity contribution is 5.75. The molecule has 0 aliphatic rings. The quantitative estimate of drug-likeness (QED) is 0.622. The Balaban J connectivity index is 0. The van der Waals surface area contributed by atoms with Crippen molar-refractivity contribution in [2.24, 2.45) is 0 Å². The van der Waals surface area contributed by atoms with E-state index in [-0.39, 0.29) is 12.8 Å². The molecule has 0 spiro atoms. The van der Waals surface area contributed by atoms with Crippen LogP contribution in [0.25, 0.3) is 0 Å². The Kier molecular flexibility index (Phi) is 10.4. The van der Waals surface area contributed by atoms with Gasteiger partial charge in [-0.25, -0.2) is 0 Å². The van der Waals surface area contributed by atoms with Crippen molar-refractivity contribution in [2.75, 3.05) is 0 Å². The largest absolute Gasteiger partial charge is 0.481 e. The van der Waals surface area contributed by atoms with Crippen LogP contribution < -0.4 is 0 Å². The average Bonchev–Trinajstić information content (AvgIpc) is 2.01. The van der Waals surface area contributed by atoms with Crippen LogP contribution in [0.15, 0.2) is 0 Å². The second-order valence-corrected chi connectivity index (χ2v) is 1.85. The van der Waals surface area contributed by atoms with Gasteiger partial charge in [-0.2, -0.15) is 0 Å². The molecular weight excluding hydrogens is 160 g/mol. The molecule has 0 unspecified atom stereocenters. The van der Waals surface area contributed by atoms with E-state index in [1.165, 1.54) is 0 Å². The minimum Gasteiger partial charge on any atom is -0.481 e. The zero-order valence-electron chi connectivity index (χ0n) is 6.91. The highest BCUT2D eigenvalue weighted by Gasteiger charge is 2.00. The molecule has 12 heavy (non-hydrogen) atoms. The molecule has 2 N–H and O–H groups in total. The molecule has 4 heteroatoms. The summed E-state index contributed by atoms with van der Waals surface area (Å²) in [7, 11) is 0. The number of carboxylic acid groups (broad SMARTS) is 2. The number of terminal acetylenes is 1. The van der Waals surface area contributed by atoms with Crippen LogP contribution in [0.3, 0.4) is 0 Å². The number of hydrogen-bond acceptors (Lipinski definition) is 2. The number of aliphatic carboxylic acids is 2. The average molecular weight is 172 g/mol. The van der Waals surface area contributed by atoms with Gasteiger partial charge in [0.1, 0.15) is 0 Å². The lowest BCUT2D eigenvalue weighted by molar-refractivity contribution is -0.143. The van der Waals surface area contributed by atoms with E-state index in [1.807, 2.05) is 6.92 Å². The fourth-order valence-corrected chi connectivity index (χ4v) is 0.214. The standard InChI is InChI=1S/C4H6O4.C4H6/c5-3(6)1-2-4(7)8;1-3-4-2/h1-2H2,(H,5,6)(H,7,8);1H,4H2,2H3. The highest BCUT2D eigenvalue weighted by Crippen LogP contribution is 1.86. The first-order valence-electron chi connectivity index (χ1n) is 3.41. The van der Waals surface area contributed by atoms with Gasteiger partial charge >= 0.3 is 11.9 Å². The number of rotatable bonds is 3. The molecule has 68 valence electrons. The van der Waals surface area contributed by atoms with Gasteiger partial charge in [-0.15, -0.1) is 12.3 Å². The van der Waals surface area contributed by atoms with Gasteiger partial charge < -0.3 is 10.2 Å². The van der Waals surface area contributed by atoms with Gasteiger partial charge in [0.25, 0.3) is 0 Å². The fourth-order valence-electron chi connectivity index (χ4n) is 0.214. The summed E-state index contributed by atoms with van der Waals surface area (Å²) < 4.78 is 0. The van der Waals surface area contributed by atoms with Crippen molar-refractivity contribution in [3.8, 4) is 12.3 Å². The predicted molar refractivity (Wildman–Crippen MR) is 43.6 cm³/mol. The fraction of sp³-hybridized carbons (Fsp3) is 0.500. The number of carboxylic acids is 2. The molecule has 0 aromatic rings. The monoisotopic (exact) mass is 172 g/mol. The van der Waals surface area contributed by atoms with Crippen molar-refractivity contribution in [3.05, 3.63) is 0 Å². The van der Waals surface area contributed by atoms with Crippen molar-refractivity contribution in [1.82, 2.24) is 0 Å². The lowest BCUT2D eigenvalue weighted by atomic mass is 10.3. The third-order valence-corrected chi connectivity index (χ3v) is 0.757. The van der Waals surface area contributed by atoms with E-state index in [0.717, 1.165) is 6.42 Å². The summed E-state index contributed by atoms with van der Waals surface area (Å²) in [5, 5.41) is 15.8. The number of hydrogen-bond donors (Lipinski definition) is 2. The Morgan fingerprint density at radius 2 is 1.50 bits per heavy atom. The van der Waals surface area contributed by atoms with Gasteiger partial charge in [-0.05, 0) is 0 Å². The summed E-state index contributed by atoms with van der Waals surface area (Å²) >= 11 is 0. The Morgan fingerprint density at radius 1 is 1.25 bits per heavy atom. The molecule has 4 nitrogen and oxygen atoms in total. The van der Waals surface area contributed by atoms with E-state index >= 15 is 0 Å². The van der Waals surface area contributed by atoms with Gasteiger partial charge in [-0.1, -0.05) is 6.92 Å². The van der Waals surface area contributed by atoms with Gasteiger partial charge in [-0.3, -0.25) is 9.59 Å². The minimum atomic E-state index is -1.08. The first-order valence-corrected chi connectivity index (χ1v) is 3.41. The van der Waals surface area contributed by atoms with Gasteiger partial charge in [0, 0.05) is 6.42 Å². The molecule has 0 aliphatic heterocycles. The summed E-state index contributed by atoms with van der Waals surface area (Å²) in [6, 6.07) is 0. The van der Waals surface area contributed by atoms with Crippen molar-refractivity contribution < 1.29 is 19.8 Å². The van der Waals surface area contributed by atoms with E-state index in [1.54, 1.807) is 0 Å². The topological polar surface area (TPSA) is 74.6 Å². The Bertz CT molecular complexity index is 164. The normalized spacial score (nSPS) is 7.33. The molecule has 0 saturated heterocycles. The van der Waals surface area contributed by atoms with E-state index in [9.17, 15) is 9.59 Å². The molecule has 0 bridgehead atoms. The van der Waals surface area contributed by atoms with Crippen LogP contribution in [0.5, 0.6) is 0 Å². The molecule has 0 aromatic carbocycles. The minimum absolute atomic E-state index is 0.296. The summed E-state index contributed by atoms with van der Waals surface area (Å²) in [5.74, 6) is 0.278. The SMILES string of the molecule is C#CCC.O=C(O)CCC(=O)O. The zero-order valence-corrected chi connectivity index (χ0v) is 6.91. The van der Waals surface area contributed by atoms with Crippen LogP contribution in [0.4, 0.5) is 0 Å². The maximum Gasteiger partial charge on any atom is 0.303 e. The van der Waals surface area contributed by atoms with Crippen LogP contribution in [0.1, 0.15) is 26.2 Å². The van der Waals surface area contributed by atoms with Gasteiger partial charge in [0.05, 0.1) is 12.8 Å². The molecule has 0 heterocycles. The molecule has 0 aromatic heterocycles. The molecule has 0 aliphatic carbocycles. The van der Waals surface area contributed by atoms with Gasteiger partial charge in [0.15, 0.2) is 0 Å². The van der Waals surface area contributed by atoms with E-state index in [0.29, 0.717) is 0 Å².